The van der Waals surface area contributed by atoms with Crippen LogP contribution in [0.4, 0.5) is 11.4 Å². The molecule has 18 heavy (non-hydrogen) atoms. The minimum Gasteiger partial charge on any atom is -0.311 e. The molecule has 1 aliphatic rings. The number of fused-ring (bicyclic) bond motifs is 1. The van der Waals surface area contributed by atoms with Gasteiger partial charge in [0.15, 0.2) is 0 Å². The highest BCUT2D eigenvalue weighted by molar-refractivity contribution is 6.31. The number of hydrogen-bond donors (Lipinski definition) is 0. The van der Waals surface area contributed by atoms with Crippen LogP contribution in [0.2, 0.25) is 0 Å². The Balaban J connectivity index is 2.66. The van der Waals surface area contributed by atoms with Gasteiger partial charge in [-0.05, 0) is 26.0 Å². The summed E-state index contributed by atoms with van der Waals surface area (Å²) in [5, 5.41) is 0. The van der Waals surface area contributed by atoms with Crippen LogP contribution in [0, 0.1) is 0 Å². The van der Waals surface area contributed by atoms with Crippen LogP contribution in [0.5, 0.6) is 0 Å². The molecule has 0 bridgehead atoms. The molecule has 96 valence electrons. The number of rotatable bonds is 1. The van der Waals surface area contributed by atoms with Gasteiger partial charge in [-0.3, -0.25) is 14.5 Å². The van der Waals surface area contributed by atoms with Crippen LogP contribution < -0.4 is 9.80 Å². The van der Waals surface area contributed by atoms with Gasteiger partial charge in [-0.25, -0.2) is 0 Å². The van der Waals surface area contributed by atoms with E-state index in [2.05, 4.69) is 0 Å². The Morgan fingerprint density at radius 2 is 1.83 bits per heavy atom. The molecule has 0 saturated carbocycles. The largest absolute Gasteiger partial charge is 0.311 e. The van der Waals surface area contributed by atoms with E-state index >= 15 is 0 Å². The first-order valence-corrected chi connectivity index (χ1v) is 6.21. The van der Waals surface area contributed by atoms with Crippen LogP contribution in [-0.2, 0) is 9.59 Å². The van der Waals surface area contributed by atoms with Crippen molar-refractivity contribution in [2.75, 3.05) is 22.7 Å². The first-order valence-electron chi connectivity index (χ1n) is 5.67. The summed E-state index contributed by atoms with van der Waals surface area (Å²) >= 11 is 5.65. The Morgan fingerprint density at radius 3 is 2.39 bits per heavy atom. The molecule has 0 fully saturated rings. The zero-order chi connectivity index (χ0) is 13.5. The second kappa shape index (κ2) is 4.28. The van der Waals surface area contributed by atoms with Crippen molar-refractivity contribution >= 4 is 34.8 Å². The maximum atomic E-state index is 12.3. The van der Waals surface area contributed by atoms with E-state index in [1.165, 1.54) is 4.90 Å². The van der Waals surface area contributed by atoms with Crippen molar-refractivity contribution in [1.82, 2.24) is 0 Å². The predicted molar refractivity (Wildman–Crippen MR) is 72.1 cm³/mol. The first-order chi connectivity index (χ1) is 8.41. The quantitative estimate of drug-likeness (QED) is 0.730. The normalized spacial score (nSPS) is 17.7. The molecule has 0 radical (unpaired) electrons. The third-order valence-corrected chi connectivity index (χ3v) is 3.46. The van der Waals surface area contributed by atoms with E-state index in [-0.39, 0.29) is 17.7 Å². The van der Waals surface area contributed by atoms with Crippen LogP contribution in [0.1, 0.15) is 13.8 Å². The zero-order valence-electron chi connectivity index (χ0n) is 10.6. The smallest absolute Gasteiger partial charge is 0.252 e. The first kappa shape index (κ1) is 12.9. The molecule has 0 unspecified atom stereocenters. The van der Waals surface area contributed by atoms with Crippen LogP contribution in [-0.4, -0.2) is 30.3 Å². The van der Waals surface area contributed by atoms with Crippen molar-refractivity contribution in [3.05, 3.63) is 24.3 Å². The number of benzene rings is 1. The maximum Gasteiger partial charge on any atom is 0.252 e. The Kier molecular flexibility index (Phi) is 3.07. The number of anilines is 2. The van der Waals surface area contributed by atoms with E-state index in [1.807, 2.05) is 24.3 Å². The van der Waals surface area contributed by atoms with Crippen molar-refractivity contribution in [3.8, 4) is 0 Å². The number of likely N-dealkylation sites (N-methyl/N-ethyl adjacent to an activating group) is 1. The number of carbonyl (C=O) groups is 2. The highest BCUT2D eigenvalue weighted by Crippen LogP contribution is 2.39. The summed E-state index contributed by atoms with van der Waals surface area (Å²) < 4.78 is 0. The minimum absolute atomic E-state index is 0.125. The van der Waals surface area contributed by atoms with Crippen LogP contribution in [0.3, 0.4) is 0 Å². The summed E-state index contributed by atoms with van der Waals surface area (Å²) in [6.45, 7) is 3.46. The number of carbonyl (C=O) groups excluding carboxylic acids is 2. The molecule has 0 spiro atoms. The number of hydrogen-bond acceptors (Lipinski definition) is 2. The van der Waals surface area contributed by atoms with Crippen molar-refractivity contribution in [2.24, 2.45) is 0 Å². The Morgan fingerprint density at radius 1 is 1.28 bits per heavy atom. The van der Waals surface area contributed by atoms with Gasteiger partial charge in [0.2, 0.25) is 5.91 Å². The summed E-state index contributed by atoms with van der Waals surface area (Å²) in [5.74, 6) is -0.537. The van der Waals surface area contributed by atoms with Gasteiger partial charge in [-0.1, -0.05) is 12.1 Å². The Hall–Kier alpha value is -1.55. The zero-order valence-corrected chi connectivity index (χ0v) is 11.4. The predicted octanol–water partition coefficient (Wildman–Crippen LogP) is 2.01. The topological polar surface area (TPSA) is 40.6 Å². The molecule has 0 aliphatic carbocycles. The van der Waals surface area contributed by atoms with E-state index in [1.54, 1.807) is 25.8 Å². The Labute approximate surface area is 111 Å². The number of amides is 2. The lowest BCUT2D eigenvalue weighted by Crippen LogP contribution is -2.61. The van der Waals surface area contributed by atoms with E-state index in [9.17, 15) is 9.59 Å². The summed E-state index contributed by atoms with van der Waals surface area (Å²) in [6, 6.07) is 7.32. The van der Waals surface area contributed by atoms with Gasteiger partial charge in [-0.2, -0.15) is 0 Å². The molecule has 2 rings (SSSR count). The standard InChI is InChI=1S/C13H15ClN2O2/c1-13(2)12(18)15(3)9-6-4-5-7-10(9)16(13)11(17)8-14/h4-7H,8H2,1-3H3. The molecular weight excluding hydrogens is 252 g/mol. The lowest BCUT2D eigenvalue weighted by Gasteiger charge is -2.45. The van der Waals surface area contributed by atoms with Crippen molar-refractivity contribution in [2.45, 2.75) is 19.4 Å². The number of halogens is 1. The van der Waals surface area contributed by atoms with Crippen LogP contribution in [0.15, 0.2) is 24.3 Å². The van der Waals surface area contributed by atoms with E-state index in [0.717, 1.165) is 11.4 Å². The fourth-order valence-corrected chi connectivity index (χ4v) is 2.48. The molecule has 4 nitrogen and oxygen atoms in total. The lowest BCUT2D eigenvalue weighted by atomic mass is 9.95. The number of alkyl halides is 1. The van der Waals surface area contributed by atoms with Crippen molar-refractivity contribution in [1.29, 1.82) is 0 Å². The molecule has 5 heteroatoms. The third kappa shape index (κ3) is 1.68. The van der Waals surface area contributed by atoms with Gasteiger partial charge in [0, 0.05) is 7.05 Å². The van der Waals surface area contributed by atoms with Gasteiger partial charge < -0.3 is 4.90 Å². The van der Waals surface area contributed by atoms with E-state index in [0.29, 0.717) is 0 Å². The monoisotopic (exact) mass is 266 g/mol. The summed E-state index contributed by atoms with van der Waals surface area (Å²) in [4.78, 5) is 27.4. The Bertz CT molecular complexity index is 513. The summed E-state index contributed by atoms with van der Waals surface area (Å²) in [6.07, 6.45) is 0. The second-order valence-electron chi connectivity index (χ2n) is 4.77. The van der Waals surface area contributed by atoms with Gasteiger partial charge >= 0.3 is 0 Å². The van der Waals surface area contributed by atoms with Gasteiger partial charge in [0.25, 0.3) is 5.91 Å². The van der Waals surface area contributed by atoms with E-state index in [4.69, 9.17) is 11.6 Å². The van der Waals surface area contributed by atoms with E-state index < -0.39 is 5.54 Å². The average molecular weight is 267 g/mol. The van der Waals surface area contributed by atoms with Gasteiger partial charge in [0.05, 0.1) is 11.4 Å². The van der Waals surface area contributed by atoms with Gasteiger partial charge in [-0.15, -0.1) is 11.6 Å². The van der Waals surface area contributed by atoms with Crippen molar-refractivity contribution in [3.63, 3.8) is 0 Å². The van der Waals surface area contributed by atoms with Gasteiger partial charge in [0.1, 0.15) is 11.4 Å². The highest BCUT2D eigenvalue weighted by atomic mass is 35.5. The molecule has 0 saturated heterocycles. The molecule has 1 aliphatic heterocycles. The van der Waals surface area contributed by atoms with Crippen molar-refractivity contribution < 1.29 is 9.59 Å². The SMILES string of the molecule is CN1C(=O)C(C)(C)N(C(=O)CCl)c2ccccc21. The van der Waals surface area contributed by atoms with Crippen LogP contribution >= 0.6 is 11.6 Å². The maximum absolute atomic E-state index is 12.3. The van der Waals surface area contributed by atoms with Crippen LogP contribution in [0.25, 0.3) is 0 Å². The summed E-state index contributed by atoms with van der Waals surface area (Å²) in [7, 11) is 1.71. The molecule has 0 aromatic heterocycles. The fourth-order valence-electron chi connectivity index (χ4n) is 2.36. The second-order valence-corrected chi connectivity index (χ2v) is 5.04. The average Bonchev–Trinajstić information content (AvgIpc) is 2.36. The molecule has 1 aromatic carbocycles. The molecule has 1 aromatic rings. The molecular formula is C13H15ClN2O2. The fraction of sp³-hybridized carbons (Fsp3) is 0.385. The highest BCUT2D eigenvalue weighted by Gasteiger charge is 2.45. The molecule has 0 atom stereocenters. The number of para-hydroxylation sites is 2. The number of nitrogens with zero attached hydrogens (tertiary/aromatic N) is 2. The lowest BCUT2D eigenvalue weighted by molar-refractivity contribution is -0.127. The minimum atomic E-state index is -0.922. The molecule has 1 heterocycles. The molecule has 0 N–H and O–H groups in total. The third-order valence-electron chi connectivity index (χ3n) is 3.23. The summed E-state index contributed by atoms with van der Waals surface area (Å²) in [5.41, 5.74) is 0.519. The molecule has 2 amide bonds.